The lowest BCUT2D eigenvalue weighted by Gasteiger charge is -2.18. The van der Waals surface area contributed by atoms with Gasteiger partial charge < -0.3 is 4.90 Å². The van der Waals surface area contributed by atoms with Crippen molar-refractivity contribution in [3.05, 3.63) is 35.9 Å². The summed E-state index contributed by atoms with van der Waals surface area (Å²) in [6.07, 6.45) is 4.96. The Bertz CT molecular complexity index is 590. The van der Waals surface area contributed by atoms with Crippen LogP contribution in [0.15, 0.2) is 24.3 Å². The Labute approximate surface area is 130 Å². The van der Waals surface area contributed by atoms with Gasteiger partial charge in [0.1, 0.15) is 11.6 Å². The Kier molecular flexibility index (Phi) is 4.83. The van der Waals surface area contributed by atoms with E-state index in [1.165, 1.54) is 37.8 Å². The molecule has 0 N–H and O–H groups in total. The van der Waals surface area contributed by atoms with E-state index in [-0.39, 0.29) is 18.2 Å². The standard InChI is InChI=1S/C15H19FN4.ClH/c1-19(13-9-7-12(16)8-10-13)15-18-17-14(20(15)2)11-5-3-4-6-11;/h7-11H,3-6H2,1-2H3;1H. The number of hydrogen-bond donors (Lipinski definition) is 0. The highest BCUT2D eigenvalue weighted by atomic mass is 35.5. The van der Waals surface area contributed by atoms with Crippen molar-refractivity contribution < 1.29 is 4.39 Å². The van der Waals surface area contributed by atoms with E-state index >= 15 is 0 Å². The van der Waals surface area contributed by atoms with Gasteiger partial charge in [0.2, 0.25) is 5.95 Å². The molecule has 1 heterocycles. The molecule has 114 valence electrons. The van der Waals surface area contributed by atoms with Crippen LogP contribution in [0.3, 0.4) is 0 Å². The number of rotatable bonds is 3. The van der Waals surface area contributed by atoms with Crippen LogP contribution < -0.4 is 4.90 Å². The quantitative estimate of drug-likeness (QED) is 0.864. The zero-order chi connectivity index (χ0) is 14.1. The molecule has 21 heavy (non-hydrogen) atoms. The zero-order valence-electron chi connectivity index (χ0n) is 12.3. The monoisotopic (exact) mass is 310 g/mol. The van der Waals surface area contributed by atoms with Gasteiger partial charge in [-0.15, -0.1) is 22.6 Å². The van der Waals surface area contributed by atoms with Crippen molar-refractivity contribution in [2.75, 3.05) is 11.9 Å². The van der Waals surface area contributed by atoms with Gasteiger partial charge in [0.15, 0.2) is 0 Å². The molecule has 3 rings (SSSR count). The summed E-state index contributed by atoms with van der Waals surface area (Å²) >= 11 is 0. The minimum atomic E-state index is -0.230. The van der Waals surface area contributed by atoms with Crippen molar-refractivity contribution in [3.63, 3.8) is 0 Å². The summed E-state index contributed by atoms with van der Waals surface area (Å²) in [4.78, 5) is 1.94. The highest BCUT2D eigenvalue weighted by Gasteiger charge is 2.24. The first-order valence-electron chi connectivity index (χ1n) is 7.05. The lowest BCUT2D eigenvalue weighted by atomic mass is 10.1. The Balaban J connectivity index is 0.00000161. The molecule has 1 aromatic heterocycles. The van der Waals surface area contributed by atoms with Crippen LogP contribution in [0.2, 0.25) is 0 Å². The highest BCUT2D eigenvalue weighted by molar-refractivity contribution is 5.85. The van der Waals surface area contributed by atoms with Crippen molar-refractivity contribution in [2.24, 2.45) is 7.05 Å². The Hall–Kier alpha value is -1.62. The number of anilines is 2. The van der Waals surface area contributed by atoms with Crippen LogP contribution in [0.1, 0.15) is 37.4 Å². The third-order valence-corrected chi connectivity index (χ3v) is 4.12. The van der Waals surface area contributed by atoms with Crippen LogP contribution in [-0.2, 0) is 7.05 Å². The second kappa shape index (κ2) is 6.43. The predicted octanol–water partition coefficient (Wildman–Crippen LogP) is 3.80. The summed E-state index contributed by atoms with van der Waals surface area (Å²) < 4.78 is 15.0. The van der Waals surface area contributed by atoms with Gasteiger partial charge in [-0.1, -0.05) is 12.8 Å². The lowest BCUT2D eigenvalue weighted by molar-refractivity contribution is 0.627. The summed E-state index contributed by atoms with van der Waals surface area (Å²) in [7, 11) is 3.93. The maximum absolute atomic E-state index is 13.0. The van der Waals surface area contributed by atoms with E-state index in [9.17, 15) is 4.39 Å². The van der Waals surface area contributed by atoms with Crippen LogP contribution in [0, 0.1) is 5.82 Å². The van der Waals surface area contributed by atoms with Gasteiger partial charge in [0, 0.05) is 25.7 Å². The molecule has 1 aliphatic carbocycles. The van der Waals surface area contributed by atoms with E-state index in [4.69, 9.17) is 0 Å². The lowest BCUT2D eigenvalue weighted by Crippen LogP contribution is -2.15. The molecule has 4 nitrogen and oxygen atoms in total. The summed E-state index contributed by atoms with van der Waals surface area (Å²) in [5.41, 5.74) is 0.903. The van der Waals surface area contributed by atoms with Crippen LogP contribution >= 0.6 is 12.4 Å². The molecule has 0 bridgehead atoms. The summed E-state index contributed by atoms with van der Waals surface area (Å²) in [5.74, 6) is 2.15. The first-order chi connectivity index (χ1) is 9.66. The molecule has 0 amide bonds. The molecular formula is C15H20ClFN4. The van der Waals surface area contributed by atoms with Crippen LogP contribution in [0.5, 0.6) is 0 Å². The average Bonchev–Trinajstić information content (AvgIpc) is 3.08. The van der Waals surface area contributed by atoms with Crippen LogP contribution in [0.25, 0.3) is 0 Å². The molecule has 0 spiro atoms. The first kappa shape index (κ1) is 15.8. The second-order valence-electron chi connectivity index (χ2n) is 5.43. The van der Waals surface area contributed by atoms with Crippen molar-refractivity contribution in [3.8, 4) is 0 Å². The molecule has 1 aliphatic rings. The number of benzene rings is 1. The van der Waals surface area contributed by atoms with E-state index in [1.807, 2.05) is 19.0 Å². The normalized spacial score (nSPS) is 15.0. The first-order valence-corrected chi connectivity index (χ1v) is 7.05. The molecule has 0 unspecified atom stereocenters. The van der Waals surface area contributed by atoms with Gasteiger partial charge in [0.25, 0.3) is 0 Å². The molecule has 0 atom stereocenters. The summed E-state index contributed by atoms with van der Waals surface area (Å²) in [6.45, 7) is 0. The Morgan fingerprint density at radius 2 is 1.76 bits per heavy atom. The highest BCUT2D eigenvalue weighted by Crippen LogP contribution is 2.34. The fourth-order valence-electron chi connectivity index (χ4n) is 2.94. The molecule has 6 heteroatoms. The molecule has 1 aromatic carbocycles. The fraction of sp³-hybridized carbons (Fsp3) is 0.467. The average molecular weight is 311 g/mol. The van der Waals surface area contributed by atoms with Gasteiger partial charge in [-0.25, -0.2) is 4.39 Å². The number of aromatic nitrogens is 3. The minimum absolute atomic E-state index is 0. The molecule has 1 fully saturated rings. The van der Waals surface area contributed by atoms with Crippen LogP contribution in [0.4, 0.5) is 16.0 Å². The largest absolute Gasteiger partial charge is 0.314 e. The van der Waals surface area contributed by atoms with Gasteiger partial charge >= 0.3 is 0 Å². The predicted molar refractivity (Wildman–Crippen MR) is 83.9 cm³/mol. The maximum Gasteiger partial charge on any atom is 0.231 e. The number of hydrogen-bond acceptors (Lipinski definition) is 3. The summed E-state index contributed by atoms with van der Waals surface area (Å²) in [5, 5.41) is 8.66. The third-order valence-electron chi connectivity index (χ3n) is 4.12. The molecule has 2 aromatic rings. The molecule has 1 saturated carbocycles. The van der Waals surface area contributed by atoms with Gasteiger partial charge in [-0.2, -0.15) is 0 Å². The zero-order valence-corrected chi connectivity index (χ0v) is 13.1. The van der Waals surface area contributed by atoms with E-state index in [1.54, 1.807) is 12.1 Å². The van der Waals surface area contributed by atoms with Gasteiger partial charge in [-0.05, 0) is 37.1 Å². The smallest absolute Gasteiger partial charge is 0.231 e. The molecule has 0 radical (unpaired) electrons. The fourth-order valence-corrected chi connectivity index (χ4v) is 2.94. The second-order valence-corrected chi connectivity index (χ2v) is 5.43. The summed E-state index contributed by atoms with van der Waals surface area (Å²) in [6, 6.07) is 6.42. The van der Waals surface area contributed by atoms with Gasteiger partial charge in [0.05, 0.1) is 0 Å². The van der Waals surface area contributed by atoms with E-state index < -0.39 is 0 Å². The van der Waals surface area contributed by atoms with E-state index in [2.05, 4.69) is 14.8 Å². The van der Waals surface area contributed by atoms with Crippen LogP contribution in [-0.4, -0.2) is 21.8 Å². The Morgan fingerprint density at radius 1 is 1.14 bits per heavy atom. The Morgan fingerprint density at radius 3 is 2.38 bits per heavy atom. The van der Waals surface area contributed by atoms with E-state index in [0.717, 1.165) is 17.5 Å². The van der Waals surface area contributed by atoms with Gasteiger partial charge in [-0.3, -0.25) is 4.57 Å². The third kappa shape index (κ3) is 3.02. The van der Waals surface area contributed by atoms with E-state index in [0.29, 0.717) is 5.92 Å². The van der Waals surface area contributed by atoms with Crippen molar-refractivity contribution >= 4 is 24.0 Å². The maximum atomic E-state index is 13.0. The van der Waals surface area contributed by atoms with Crippen molar-refractivity contribution in [1.29, 1.82) is 0 Å². The molecule has 0 aliphatic heterocycles. The molecular weight excluding hydrogens is 291 g/mol. The minimum Gasteiger partial charge on any atom is -0.314 e. The van der Waals surface area contributed by atoms with Crippen molar-refractivity contribution in [2.45, 2.75) is 31.6 Å². The van der Waals surface area contributed by atoms with Crippen molar-refractivity contribution in [1.82, 2.24) is 14.8 Å². The number of halogens is 2. The number of nitrogens with zero attached hydrogens (tertiary/aromatic N) is 4. The SMILES string of the molecule is CN(c1ccc(F)cc1)c1nnc(C2CCCC2)n1C.Cl. The molecule has 0 saturated heterocycles. The topological polar surface area (TPSA) is 34.0 Å².